The predicted molar refractivity (Wildman–Crippen MR) is 54.5 cm³/mol. The van der Waals surface area contributed by atoms with E-state index < -0.39 is 0 Å². The van der Waals surface area contributed by atoms with Gasteiger partial charge in [-0.3, -0.25) is 10.1 Å². The quantitative estimate of drug-likeness (QED) is 0.694. The van der Waals surface area contributed by atoms with Gasteiger partial charge in [0.1, 0.15) is 0 Å². The molecule has 3 nitrogen and oxygen atoms in total. The molecule has 2 rings (SSSR count). The molecule has 0 aromatic heterocycles. The molecule has 3 atom stereocenters. The highest BCUT2D eigenvalue weighted by molar-refractivity contribution is 7.99. The Bertz CT molecular complexity index is 204. The molecule has 1 aliphatic heterocycles. The Morgan fingerprint density at radius 2 is 2.46 bits per heavy atom. The Morgan fingerprint density at radius 1 is 1.69 bits per heavy atom. The van der Waals surface area contributed by atoms with Crippen LogP contribution in [0.4, 0.5) is 0 Å². The number of carbonyl (C=O) groups is 1. The summed E-state index contributed by atoms with van der Waals surface area (Å²) in [4.78, 5) is 11.5. The van der Waals surface area contributed by atoms with Gasteiger partial charge in [-0.05, 0) is 18.3 Å². The molecule has 1 aliphatic carbocycles. The first-order valence-electron chi connectivity index (χ1n) is 4.86. The second kappa shape index (κ2) is 3.88. The van der Waals surface area contributed by atoms with Crippen LogP contribution in [0.5, 0.6) is 0 Å². The minimum Gasteiger partial charge on any atom is -0.354 e. The van der Waals surface area contributed by atoms with Crippen molar-refractivity contribution in [3.05, 3.63) is 0 Å². The molecule has 2 aliphatic rings. The van der Waals surface area contributed by atoms with Crippen molar-refractivity contribution < 1.29 is 4.79 Å². The summed E-state index contributed by atoms with van der Waals surface area (Å²) in [5, 5.41) is 6.16. The van der Waals surface area contributed by atoms with Crippen molar-refractivity contribution in [1.29, 1.82) is 0 Å². The largest absolute Gasteiger partial charge is 0.354 e. The summed E-state index contributed by atoms with van der Waals surface area (Å²) in [6.45, 7) is 3.11. The first-order chi connectivity index (χ1) is 6.27. The molecule has 2 fully saturated rings. The number of rotatable bonds is 3. The lowest BCUT2D eigenvalue weighted by molar-refractivity contribution is -0.122. The van der Waals surface area contributed by atoms with Crippen molar-refractivity contribution in [3.8, 4) is 0 Å². The topological polar surface area (TPSA) is 41.1 Å². The molecule has 0 bridgehead atoms. The van der Waals surface area contributed by atoms with Crippen molar-refractivity contribution in [2.24, 2.45) is 11.8 Å². The Kier molecular flexibility index (Phi) is 2.79. The molecule has 1 saturated carbocycles. The normalized spacial score (nSPS) is 37.5. The maximum atomic E-state index is 11.5. The fraction of sp³-hybridized carbons (Fsp3) is 0.889. The zero-order valence-electron chi connectivity index (χ0n) is 7.88. The van der Waals surface area contributed by atoms with Crippen LogP contribution in [-0.2, 0) is 4.79 Å². The number of thioether (sulfide) groups is 1. The molecule has 4 heteroatoms. The molecular weight excluding hydrogens is 184 g/mol. The summed E-state index contributed by atoms with van der Waals surface area (Å²) >= 11 is 1.79. The number of hydrogen-bond acceptors (Lipinski definition) is 3. The molecule has 3 unspecified atom stereocenters. The third-order valence-electron chi connectivity index (χ3n) is 2.85. The predicted octanol–water partition coefficient (Wildman–Crippen LogP) is 0.421. The van der Waals surface area contributed by atoms with Gasteiger partial charge in [0.2, 0.25) is 5.91 Å². The zero-order chi connectivity index (χ0) is 9.26. The Hall–Kier alpha value is -0.220. The summed E-state index contributed by atoms with van der Waals surface area (Å²) in [6, 6.07) is 0.0547. The lowest BCUT2D eigenvalue weighted by atomic mass is 10.3. The average Bonchev–Trinajstić information content (AvgIpc) is 2.67. The van der Waals surface area contributed by atoms with Crippen molar-refractivity contribution >= 4 is 17.7 Å². The maximum absolute atomic E-state index is 11.5. The highest BCUT2D eigenvalue weighted by Gasteiger charge is 2.33. The van der Waals surface area contributed by atoms with E-state index in [4.69, 9.17) is 0 Å². The van der Waals surface area contributed by atoms with E-state index in [-0.39, 0.29) is 11.9 Å². The molecule has 13 heavy (non-hydrogen) atoms. The van der Waals surface area contributed by atoms with Gasteiger partial charge in [-0.15, -0.1) is 11.8 Å². The van der Waals surface area contributed by atoms with Crippen LogP contribution in [0.1, 0.15) is 13.3 Å². The molecule has 0 spiro atoms. The molecule has 2 N–H and O–H groups in total. The van der Waals surface area contributed by atoms with Crippen LogP contribution in [0, 0.1) is 11.8 Å². The van der Waals surface area contributed by atoms with Crippen molar-refractivity contribution in [1.82, 2.24) is 10.6 Å². The zero-order valence-corrected chi connectivity index (χ0v) is 8.69. The standard InChI is InChI=1S/C9H16N2OS/c1-6-2-7(6)3-10-9(12)8-4-13-5-11-8/h6-8,11H,2-5H2,1H3,(H,10,12). The molecular formula is C9H16N2OS. The molecule has 0 aromatic carbocycles. The summed E-state index contributed by atoms with van der Waals surface area (Å²) in [5.41, 5.74) is 0. The van der Waals surface area contributed by atoms with Crippen molar-refractivity contribution in [2.45, 2.75) is 19.4 Å². The Labute approximate surface area is 83.0 Å². The van der Waals surface area contributed by atoms with E-state index in [0.717, 1.165) is 30.0 Å². The minimum atomic E-state index is 0.0547. The van der Waals surface area contributed by atoms with Gasteiger partial charge < -0.3 is 5.32 Å². The third kappa shape index (κ3) is 2.38. The van der Waals surface area contributed by atoms with Gasteiger partial charge in [-0.1, -0.05) is 6.92 Å². The number of amides is 1. The first-order valence-corrected chi connectivity index (χ1v) is 6.01. The summed E-state index contributed by atoms with van der Waals surface area (Å²) in [6.07, 6.45) is 1.28. The molecule has 74 valence electrons. The fourth-order valence-corrected chi connectivity index (χ4v) is 2.54. The van der Waals surface area contributed by atoms with Crippen molar-refractivity contribution in [3.63, 3.8) is 0 Å². The monoisotopic (exact) mass is 200 g/mol. The van der Waals surface area contributed by atoms with E-state index in [0.29, 0.717) is 0 Å². The van der Waals surface area contributed by atoms with E-state index in [1.807, 2.05) is 0 Å². The van der Waals surface area contributed by atoms with Gasteiger partial charge in [-0.2, -0.15) is 0 Å². The lowest BCUT2D eigenvalue weighted by Crippen LogP contribution is -2.42. The fourth-order valence-electron chi connectivity index (χ4n) is 1.60. The smallest absolute Gasteiger partial charge is 0.238 e. The van der Waals surface area contributed by atoms with Gasteiger partial charge in [-0.25, -0.2) is 0 Å². The highest BCUT2D eigenvalue weighted by atomic mass is 32.2. The molecule has 1 amide bonds. The van der Waals surface area contributed by atoms with E-state index >= 15 is 0 Å². The van der Waals surface area contributed by atoms with Crippen LogP contribution in [-0.4, -0.2) is 30.1 Å². The molecule has 1 heterocycles. The summed E-state index contributed by atoms with van der Waals surface area (Å²) < 4.78 is 0. The van der Waals surface area contributed by atoms with Crippen LogP contribution in [0.2, 0.25) is 0 Å². The summed E-state index contributed by atoms with van der Waals surface area (Å²) in [7, 11) is 0. The number of carbonyl (C=O) groups excluding carboxylic acids is 1. The average molecular weight is 200 g/mol. The van der Waals surface area contributed by atoms with E-state index in [1.54, 1.807) is 11.8 Å². The first kappa shape index (κ1) is 9.34. The van der Waals surface area contributed by atoms with Crippen LogP contribution >= 0.6 is 11.8 Å². The van der Waals surface area contributed by atoms with Gasteiger partial charge >= 0.3 is 0 Å². The third-order valence-corrected chi connectivity index (χ3v) is 3.79. The van der Waals surface area contributed by atoms with E-state index in [1.165, 1.54) is 6.42 Å². The van der Waals surface area contributed by atoms with Gasteiger partial charge in [0.15, 0.2) is 0 Å². The second-order valence-electron chi connectivity index (χ2n) is 3.99. The Balaban J connectivity index is 1.66. The number of nitrogens with one attached hydrogen (secondary N) is 2. The molecule has 0 radical (unpaired) electrons. The Morgan fingerprint density at radius 3 is 3.00 bits per heavy atom. The molecule has 1 saturated heterocycles. The van der Waals surface area contributed by atoms with Crippen LogP contribution in [0.25, 0.3) is 0 Å². The van der Waals surface area contributed by atoms with Crippen molar-refractivity contribution in [2.75, 3.05) is 18.2 Å². The van der Waals surface area contributed by atoms with Gasteiger partial charge in [0.05, 0.1) is 6.04 Å². The number of hydrogen-bond donors (Lipinski definition) is 2. The minimum absolute atomic E-state index is 0.0547. The lowest BCUT2D eigenvalue weighted by Gasteiger charge is -2.09. The van der Waals surface area contributed by atoms with Crippen LogP contribution in [0.3, 0.4) is 0 Å². The van der Waals surface area contributed by atoms with E-state index in [2.05, 4.69) is 17.6 Å². The molecule has 0 aromatic rings. The summed E-state index contributed by atoms with van der Waals surface area (Å²) in [5.74, 6) is 3.59. The highest BCUT2D eigenvalue weighted by Crippen LogP contribution is 2.36. The SMILES string of the molecule is CC1CC1CNC(=O)C1CSCN1. The van der Waals surface area contributed by atoms with Gasteiger partial charge in [0.25, 0.3) is 0 Å². The van der Waals surface area contributed by atoms with E-state index in [9.17, 15) is 4.79 Å². The van der Waals surface area contributed by atoms with Crippen LogP contribution in [0.15, 0.2) is 0 Å². The van der Waals surface area contributed by atoms with Crippen LogP contribution < -0.4 is 10.6 Å². The maximum Gasteiger partial charge on any atom is 0.238 e. The second-order valence-corrected chi connectivity index (χ2v) is 5.02. The van der Waals surface area contributed by atoms with Gasteiger partial charge in [0, 0.05) is 18.2 Å².